The lowest BCUT2D eigenvalue weighted by atomic mass is 10.0. The van der Waals surface area contributed by atoms with Crippen LogP contribution in [0.15, 0.2) is 0 Å². The Labute approximate surface area is 131 Å². The molecular weight excluding hydrogens is 288 g/mol. The zero-order valence-corrected chi connectivity index (χ0v) is 13.6. The number of amides is 2. The van der Waals surface area contributed by atoms with Crippen LogP contribution in [0, 0.1) is 5.92 Å². The fraction of sp³-hybridized carbons (Fsp3) is 0.800. The SMILES string of the molecule is CCCCC(=O)O[C@H]1CN(C(=O)CNC(=O)OC)C[C@H]1CC. The molecule has 1 saturated heterocycles. The highest BCUT2D eigenvalue weighted by Gasteiger charge is 2.36. The molecule has 2 atom stereocenters. The van der Waals surface area contributed by atoms with Gasteiger partial charge in [0, 0.05) is 18.9 Å². The van der Waals surface area contributed by atoms with E-state index in [1.54, 1.807) is 4.90 Å². The normalized spacial score (nSPS) is 20.6. The third kappa shape index (κ3) is 5.54. The minimum Gasteiger partial charge on any atom is -0.460 e. The summed E-state index contributed by atoms with van der Waals surface area (Å²) in [6.07, 6.45) is 2.12. The minimum atomic E-state index is -0.637. The Bertz CT molecular complexity index is 399. The summed E-state index contributed by atoms with van der Waals surface area (Å²) >= 11 is 0. The Morgan fingerprint density at radius 2 is 1.95 bits per heavy atom. The number of ether oxygens (including phenoxy) is 2. The summed E-state index contributed by atoms with van der Waals surface area (Å²) in [4.78, 5) is 36.4. The molecule has 0 saturated carbocycles. The van der Waals surface area contributed by atoms with Crippen molar-refractivity contribution >= 4 is 18.0 Å². The summed E-state index contributed by atoms with van der Waals surface area (Å²) in [5.41, 5.74) is 0. The number of nitrogens with zero attached hydrogens (tertiary/aromatic N) is 1. The van der Waals surface area contributed by atoms with Crippen molar-refractivity contribution in [3.63, 3.8) is 0 Å². The number of hydrogen-bond acceptors (Lipinski definition) is 5. The second kappa shape index (κ2) is 9.27. The van der Waals surface area contributed by atoms with E-state index >= 15 is 0 Å². The fourth-order valence-corrected chi connectivity index (χ4v) is 2.45. The summed E-state index contributed by atoms with van der Waals surface area (Å²) in [5.74, 6) is -0.254. The van der Waals surface area contributed by atoms with Gasteiger partial charge in [-0.1, -0.05) is 20.3 Å². The molecule has 22 heavy (non-hydrogen) atoms. The topological polar surface area (TPSA) is 84.9 Å². The van der Waals surface area contributed by atoms with Gasteiger partial charge >= 0.3 is 12.1 Å². The van der Waals surface area contributed by atoms with Gasteiger partial charge in [-0.05, 0) is 12.8 Å². The van der Waals surface area contributed by atoms with Gasteiger partial charge in [0.2, 0.25) is 5.91 Å². The zero-order valence-electron chi connectivity index (χ0n) is 13.6. The van der Waals surface area contributed by atoms with Crippen molar-refractivity contribution in [2.24, 2.45) is 5.92 Å². The van der Waals surface area contributed by atoms with E-state index in [4.69, 9.17) is 4.74 Å². The highest BCUT2D eigenvalue weighted by molar-refractivity contribution is 5.82. The van der Waals surface area contributed by atoms with Gasteiger partial charge in [-0.3, -0.25) is 9.59 Å². The Kier molecular flexibility index (Phi) is 7.70. The molecule has 1 heterocycles. The average molecular weight is 314 g/mol. The number of methoxy groups -OCH3 is 1. The number of carbonyl (C=O) groups is 3. The molecule has 0 aromatic heterocycles. The molecule has 0 unspecified atom stereocenters. The highest BCUT2D eigenvalue weighted by Crippen LogP contribution is 2.23. The first-order valence-corrected chi connectivity index (χ1v) is 7.80. The van der Waals surface area contributed by atoms with Crippen LogP contribution in [0.2, 0.25) is 0 Å². The van der Waals surface area contributed by atoms with Crippen LogP contribution in [0.1, 0.15) is 39.5 Å². The standard InChI is InChI=1S/C15H26N2O5/c1-4-6-7-14(19)22-12-10-17(9-11(12)5-2)13(18)8-16-15(20)21-3/h11-12H,4-10H2,1-3H3,(H,16,20)/t11-,12+/m1/s1. The maximum Gasteiger partial charge on any atom is 0.407 e. The predicted molar refractivity (Wildman–Crippen MR) is 80.2 cm³/mol. The number of rotatable bonds is 7. The molecule has 0 aromatic rings. The average Bonchev–Trinajstić information content (AvgIpc) is 2.92. The van der Waals surface area contributed by atoms with E-state index in [-0.39, 0.29) is 30.4 Å². The molecule has 1 aliphatic rings. The Morgan fingerprint density at radius 3 is 2.55 bits per heavy atom. The lowest BCUT2D eigenvalue weighted by Crippen LogP contribution is -2.39. The van der Waals surface area contributed by atoms with E-state index in [1.807, 2.05) is 13.8 Å². The van der Waals surface area contributed by atoms with Crippen LogP contribution < -0.4 is 5.32 Å². The molecule has 0 aliphatic carbocycles. The number of unbranched alkanes of at least 4 members (excludes halogenated alkanes) is 1. The van der Waals surface area contributed by atoms with Gasteiger partial charge in [-0.25, -0.2) is 4.79 Å². The smallest absolute Gasteiger partial charge is 0.407 e. The molecular formula is C15H26N2O5. The van der Waals surface area contributed by atoms with Crippen LogP contribution in [-0.4, -0.2) is 55.7 Å². The first-order valence-electron chi connectivity index (χ1n) is 7.80. The molecule has 126 valence electrons. The highest BCUT2D eigenvalue weighted by atomic mass is 16.5. The van der Waals surface area contributed by atoms with Crippen LogP contribution in [-0.2, 0) is 19.1 Å². The van der Waals surface area contributed by atoms with Gasteiger partial charge in [0.05, 0.1) is 13.7 Å². The van der Waals surface area contributed by atoms with Gasteiger partial charge in [0.1, 0.15) is 12.6 Å². The third-order valence-corrected chi connectivity index (χ3v) is 3.84. The van der Waals surface area contributed by atoms with Crippen molar-refractivity contribution < 1.29 is 23.9 Å². The molecule has 0 spiro atoms. The summed E-state index contributed by atoms with van der Waals surface area (Å²) in [7, 11) is 1.24. The number of alkyl carbamates (subject to hydrolysis) is 1. The Hall–Kier alpha value is -1.79. The monoisotopic (exact) mass is 314 g/mol. The summed E-state index contributed by atoms with van der Waals surface area (Å²) in [5, 5.41) is 2.37. The van der Waals surface area contributed by atoms with Gasteiger partial charge in [-0.2, -0.15) is 0 Å². The van der Waals surface area contributed by atoms with Gasteiger partial charge in [-0.15, -0.1) is 0 Å². The van der Waals surface area contributed by atoms with E-state index < -0.39 is 6.09 Å². The number of nitrogens with one attached hydrogen (secondary N) is 1. The number of hydrogen-bond donors (Lipinski definition) is 1. The molecule has 7 nitrogen and oxygen atoms in total. The lowest BCUT2D eigenvalue weighted by Gasteiger charge is -2.17. The largest absolute Gasteiger partial charge is 0.460 e. The number of likely N-dealkylation sites (tertiary alicyclic amines) is 1. The molecule has 0 aromatic carbocycles. The van der Waals surface area contributed by atoms with Crippen LogP contribution in [0.5, 0.6) is 0 Å². The fourth-order valence-electron chi connectivity index (χ4n) is 2.45. The zero-order chi connectivity index (χ0) is 16.5. The minimum absolute atomic E-state index is 0.111. The van der Waals surface area contributed by atoms with Gasteiger partial charge in [0.15, 0.2) is 0 Å². The van der Waals surface area contributed by atoms with Crippen LogP contribution in [0.25, 0.3) is 0 Å². The maximum absolute atomic E-state index is 12.0. The van der Waals surface area contributed by atoms with E-state index in [9.17, 15) is 14.4 Å². The summed E-state index contributed by atoms with van der Waals surface area (Å²) < 4.78 is 9.93. The molecule has 0 bridgehead atoms. The van der Waals surface area contributed by atoms with Gasteiger partial charge in [0.25, 0.3) is 0 Å². The van der Waals surface area contributed by atoms with Crippen molar-refractivity contribution in [2.75, 3.05) is 26.7 Å². The maximum atomic E-state index is 12.0. The third-order valence-electron chi connectivity index (χ3n) is 3.84. The molecule has 1 fully saturated rings. The Morgan fingerprint density at radius 1 is 1.23 bits per heavy atom. The van der Waals surface area contributed by atoms with Crippen LogP contribution in [0.4, 0.5) is 4.79 Å². The molecule has 1 aliphatic heterocycles. The molecule has 1 N–H and O–H groups in total. The second-order valence-corrected chi connectivity index (χ2v) is 5.44. The molecule has 0 radical (unpaired) electrons. The van der Waals surface area contributed by atoms with E-state index in [1.165, 1.54) is 7.11 Å². The quantitative estimate of drug-likeness (QED) is 0.716. The van der Waals surface area contributed by atoms with Crippen molar-refractivity contribution in [1.29, 1.82) is 0 Å². The van der Waals surface area contributed by atoms with Crippen molar-refractivity contribution in [2.45, 2.75) is 45.6 Å². The van der Waals surface area contributed by atoms with Crippen molar-refractivity contribution in [1.82, 2.24) is 10.2 Å². The molecule has 2 amide bonds. The molecule has 7 heteroatoms. The van der Waals surface area contributed by atoms with Crippen molar-refractivity contribution in [3.05, 3.63) is 0 Å². The van der Waals surface area contributed by atoms with E-state index in [2.05, 4.69) is 10.1 Å². The lowest BCUT2D eigenvalue weighted by molar-refractivity contribution is -0.151. The number of carbonyl (C=O) groups excluding carboxylic acids is 3. The number of esters is 1. The van der Waals surface area contributed by atoms with Crippen molar-refractivity contribution in [3.8, 4) is 0 Å². The van der Waals surface area contributed by atoms with Gasteiger partial charge < -0.3 is 19.7 Å². The predicted octanol–water partition coefficient (Wildman–Crippen LogP) is 1.31. The van der Waals surface area contributed by atoms with Crippen LogP contribution >= 0.6 is 0 Å². The van der Waals surface area contributed by atoms with E-state index in [0.29, 0.717) is 19.5 Å². The van der Waals surface area contributed by atoms with Crippen LogP contribution in [0.3, 0.4) is 0 Å². The van der Waals surface area contributed by atoms with E-state index in [0.717, 1.165) is 19.3 Å². The first-order chi connectivity index (χ1) is 10.5. The second-order valence-electron chi connectivity index (χ2n) is 5.44. The Balaban J connectivity index is 2.47. The summed E-state index contributed by atoms with van der Waals surface area (Å²) in [6, 6.07) is 0. The first kappa shape index (κ1) is 18.3. The summed E-state index contributed by atoms with van der Waals surface area (Å²) in [6.45, 7) is 4.85. The molecule has 1 rings (SSSR count).